The van der Waals surface area contributed by atoms with Gasteiger partial charge in [0.25, 0.3) is 0 Å². The van der Waals surface area contributed by atoms with Crippen molar-refractivity contribution in [2.24, 2.45) is 5.41 Å². The quantitative estimate of drug-likeness (QED) is 0.593. The molecule has 2 amide bonds. The molecule has 7 heteroatoms. The highest BCUT2D eigenvalue weighted by Crippen LogP contribution is 2.63. The molecule has 1 fully saturated rings. The van der Waals surface area contributed by atoms with E-state index in [1.165, 1.54) is 0 Å². The van der Waals surface area contributed by atoms with Crippen LogP contribution in [0.4, 0.5) is 0 Å². The average Bonchev–Trinajstić information content (AvgIpc) is 2.83. The summed E-state index contributed by atoms with van der Waals surface area (Å²) in [5.74, 6) is -0.693. The van der Waals surface area contributed by atoms with Crippen LogP contribution in [0.5, 0.6) is 0 Å². The molecule has 2 aromatic rings. The molecule has 0 aliphatic heterocycles. The lowest BCUT2D eigenvalue weighted by Crippen LogP contribution is -2.46. The lowest BCUT2D eigenvalue weighted by molar-refractivity contribution is -0.131. The smallest absolute Gasteiger partial charge is 0.247 e. The van der Waals surface area contributed by atoms with Crippen LogP contribution >= 0.6 is 23.2 Å². The third-order valence-electron chi connectivity index (χ3n) is 4.10. The molecule has 1 heterocycles. The van der Waals surface area contributed by atoms with Crippen LogP contribution in [0.2, 0.25) is 0 Å². The van der Waals surface area contributed by atoms with E-state index < -0.39 is 9.75 Å². The maximum Gasteiger partial charge on any atom is 0.247 e. The molecule has 5 nitrogen and oxygen atoms in total. The number of alkyl halides is 2. The molecule has 1 atom stereocenters. The second-order valence-corrected chi connectivity index (χ2v) is 7.24. The van der Waals surface area contributed by atoms with Gasteiger partial charge >= 0.3 is 0 Å². The number of benzene rings is 1. The lowest BCUT2D eigenvalue weighted by atomic mass is 10.1. The third kappa shape index (κ3) is 2.55. The van der Waals surface area contributed by atoms with Crippen LogP contribution in [0.1, 0.15) is 18.9 Å². The molecule has 1 aromatic heterocycles. The van der Waals surface area contributed by atoms with Gasteiger partial charge in [-0.25, -0.2) is 0 Å². The molecule has 1 unspecified atom stereocenters. The van der Waals surface area contributed by atoms with Gasteiger partial charge in [-0.1, -0.05) is 18.2 Å². The van der Waals surface area contributed by atoms with E-state index in [1.807, 2.05) is 24.3 Å². The van der Waals surface area contributed by atoms with Gasteiger partial charge in [-0.2, -0.15) is 0 Å². The fourth-order valence-corrected chi connectivity index (χ4v) is 3.11. The summed E-state index contributed by atoms with van der Waals surface area (Å²) in [6.45, 7) is 1.66. The zero-order chi connectivity index (χ0) is 16.0. The molecule has 22 heavy (non-hydrogen) atoms. The minimum atomic E-state index is -1.06. The van der Waals surface area contributed by atoms with Crippen LogP contribution in [0, 0.1) is 5.41 Å². The van der Waals surface area contributed by atoms with Crippen molar-refractivity contribution in [3.8, 4) is 0 Å². The molecule has 1 saturated carbocycles. The van der Waals surface area contributed by atoms with Crippen molar-refractivity contribution in [2.45, 2.75) is 24.1 Å². The van der Waals surface area contributed by atoms with Crippen LogP contribution < -0.4 is 10.9 Å². The first-order chi connectivity index (χ1) is 10.3. The number of amides is 2. The number of hydrazine groups is 1. The lowest BCUT2D eigenvalue weighted by Gasteiger charge is -2.13. The van der Waals surface area contributed by atoms with E-state index >= 15 is 0 Å². The Labute approximate surface area is 137 Å². The Morgan fingerprint density at radius 1 is 1.27 bits per heavy atom. The topological polar surface area (TPSA) is 74.0 Å². The van der Waals surface area contributed by atoms with Crippen LogP contribution in [0.15, 0.2) is 30.5 Å². The minimum Gasteiger partial charge on any atom is -0.361 e. The highest BCUT2D eigenvalue weighted by Gasteiger charge is 2.68. The molecular weight excluding hydrogens is 325 g/mol. The van der Waals surface area contributed by atoms with Gasteiger partial charge in [-0.05, 0) is 25.0 Å². The summed E-state index contributed by atoms with van der Waals surface area (Å²) in [4.78, 5) is 27.0. The molecule has 0 bridgehead atoms. The fourth-order valence-electron chi connectivity index (χ4n) is 2.41. The van der Waals surface area contributed by atoms with E-state index in [-0.39, 0.29) is 18.2 Å². The number of halogens is 2. The number of hydrogen-bond acceptors (Lipinski definition) is 2. The zero-order valence-corrected chi connectivity index (χ0v) is 13.4. The number of hydrogen-bond donors (Lipinski definition) is 3. The number of fused-ring (bicyclic) bond motifs is 1. The zero-order valence-electron chi connectivity index (χ0n) is 11.9. The Balaban J connectivity index is 1.58. The molecule has 0 radical (unpaired) electrons. The van der Waals surface area contributed by atoms with E-state index in [0.29, 0.717) is 6.42 Å². The van der Waals surface area contributed by atoms with Gasteiger partial charge in [0.15, 0.2) is 0 Å². The number of rotatable bonds is 3. The summed E-state index contributed by atoms with van der Waals surface area (Å²) in [6, 6.07) is 7.71. The van der Waals surface area contributed by atoms with Gasteiger partial charge < -0.3 is 4.98 Å². The van der Waals surface area contributed by atoms with Crippen molar-refractivity contribution in [2.75, 3.05) is 0 Å². The molecule has 1 aliphatic carbocycles. The number of aromatic nitrogens is 1. The Hall–Kier alpha value is -1.72. The number of para-hydroxylation sites is 1. The first-order valence-corrected chi connectivity index (χ1v) is 7.61. The van der Waals surface area contributed by atoms with Crippen molar-refractivity contribution in [1.29, 1.82) is 0 Å². The Kier molecular flexibility index (Phi) is 3.57. The average molecular weight is 340 g/mol. The SMILES string of the molecule is CC1(C(=O)NNC(=O)Cc2c[nH]c3ccccc23)CC1(Cl)Cl. The van der Waals surface area contributed by atoms with Gasteiger partial charge in [0, 0.05) is 17.1 Å². The number of aromatic amines is 1. The van der Waals surface area contributed by atoms with Crippen molar-refractivity contribution < 1.29 is 9.59 Å². The van der Waals surface area contributed by atoms with Crippen molar-refractivity contribution >= 4 is 45.9 Å². The first-order valence-electron chi connectivity index (χ1n) is 6.86. The molecule has 0 saturated heterocycles. The molecule has 116 valence electrons. The molecule has 1 aliphatic rings. The predicted molar refractivity (Wildman–Crippen MR) is 85.4 cm³/mol. The summed E-state index contributed by atoms with van der Waals surface area (Å²) < 4.78 is -1.06. The second kappa shape index (κ2) is 5.18. The number of H-pyrrole nitrogens is 1. The first kappa shape index (κ1) is 15.2. The van der Waals surface area contributed by atoms with Crippen molar-refractivity contribution in [3.63, 3.8) is 0 Å². The summed E-state index contributed by atoms with van der Waals surface area (Å²) in [5.41, 5.74) is 5.76. The summed E-state index contributed by atoms with van der Waals surface area (Å²) >= 11 is 11.9. The Morgan fingerprint density at radius 2 is 1.95 bits per heavy atom. The maximum absolute atomic E-state index is 12.0. The van der Waals surface area contributed by atoms with Gasteiger partial charge in [0.1, 0.15) is 4.33 Å². The molecule has 0 spiro atoms. The second-order valence-electron chi connectivity index (χ2n) is 5.75. The van der Waals surface area contributed by atoms with E-state index in [0.717, 1.165) is 16.5 Å². The maximum atomic E-state index is 12.0. The monoisotopic (exact) mass is 339 g/mol. The van der Waals surface area contributed by atoms with Crippen LogP contribution in [0.3, 0.4) is 0 Å². The standard InChI is InChI=1S/C15H15Cl2N3O2/c1-14(8-15(14,16)17)13(22)20-19-12(21)6-9-7-18-11-5-3-2-4-10(9)11/h2-5,7,18H,6,8H2,1H3,(H,19,21)(H,20,22). The number of nitrogens with one attached hydrogen (secondary N) is 3. The van der Waals surface area contributed by atoms with Gasteiger partial charge in [0.05, 0.1) is 11.8 Å². The highest BCUT2D eigenvalue weighted by atomic mass is 35.5. The van der Waals surface area contributed by atoms with Gasteiger partial charge in [-0.15, -0.1) is 23.2 Å². The molecule has 1 aromatic carbocycles. The van der Waals surface area contributed by atoms with E-state index in [1.54, 1.807) is 13.1 Å². The Morgan fingerprint density at radius 3 is 2.64 bits per heavy atom. The van der Waals surface area contributed by atoms with Crippen LogP contribution in [0.25, 0.3) is 10.9 Å². The largest absolute Gasteiger partial charge is 0.361 e. The summed E-state index contributed by atoms with van der Waals surface area (Å²) in [7, 11) is 0. The molecule has 3 rings (SSSR count). The van der Waals surface area contributed by atoms with E-state index in [9.17, 15) is 9.59 Å². The summed E-state index contributed by atoms with van der Waals surface area (Å²) in [6.07, 6.45) is 2.32. The van der Waals surface area contributed by atoms with Crippen molar-refractivity contribution in [1.82, 2.24) is 15.8 Å². The van der Waals surface area contributed by atoms with Gasteiger partial charge in [0.2, 0.25) is 11.8 Å². The van der Waals surface area contributed by atoms with Crippen LogP contribution in [-0.4, -0.2) is 21.1 Å². The predicted octanol–water partition coefficient (Wildman–Crippen LogP) is 2.44. The van der Waals surface area contributed by atoms with E-state index in [4.69, 9.17) is 23.2 Å². The fraction of sp³-hybridized carbons (Fsp3) is 0.333. The molecule has 3 N–H and O–H groups in total. The Bertz CT molecular complexity index is 756. The highest BCUT2D eigenvalue weighted by molar-refractivity contribution is 6.53. The number of carbonyl (C=O) groups excluding carboxylic acids is 2. The molecular formula is C15H15Cl2N3O2. The van der Waals surface area contributed by atoms with Crippen molar-refractivity contribution in [3.05, 3.63) is 36.0 Å². The van der Waals surface area contributed by atoms with Gasteiger partial charge in [-0.3, -0.25) is 20.4 Å². The van der Waals surface area contributed by atoms with E-state index in [2.05, 4.69) is 15.8 Å². The third-order valence-corrected chi connectivity index (χ3v) is 5.20. The van der Waals surface area contributed by atoms with Crippen LogP contribution in [-0.2, 0) is 16.0 Å². The summed E-state index contributed by atoms with van der Waals surface area (Å²) in [5, 5.41) is 0.985. The minimum absolute atomic E-state index is 0.161. The normalized spacial score (nSPS) is 22.3. The number of carbonyl (C=O) groups is 2.